The molecular weight excluding hydrogens is 315 g/mol. The van der Waals surface area contributed by atoms with Crippen molar-refractivity contribution >= 4 is 11.8 Å². The second-order valence-electron chi connectivity index (χ2n) is 5.50. The molecule has 0 radical (unpaired) electrons. The molecule has 1 aliphatic heterocycles. The van der Waals surface area contributed by atoms with Crippen LogP contribution in [0.1, 0.15) is 11.6 Å². The SMILES string of the molecule is NCC(=O)NCC(=O)NCC(c1cccc(F)c1)N1CCOCC1. The molecule has 2 amide bonds. The molecule has 8 heteroatoms. The van der Waals surface area contributed by atoms with Crippen molar-refractivity contribution in [3.05, 3.63) is 35.6 Å². The fraction of sp³-hybridized carbons (Fsp3) is 0.500. The maximum absolute atomic E-state index is 13.6. The first-order valence-electron chi connectivity index (χ1n) is 7.91. The van der Waals surface area contributed by atoms with E-state index in [1.54, 1.807) is 6.07 Å². The van der Waals surface area contributed by atoms with Crippen LogP contribution in [0, 0.1) is 5.82 Å². The van der Waals surface area contributed by atoms with Crippen LogP contribution in [0.5, 0.6) is 0 Å². The van der Waals surface area contributed by atoms with Crippen molar-refractivity contribution in [2.75, 3.05) is 45.9 Å². The third-order valence-electron chi connectivity index (χ3n) is 3.84. The molecule has 24 heavy (non-hydrogen) atoms. The van der Waals surface area contributed by atoms with Crippen LogP contribution in [0.4, 0.5) is 4.39 Å². The highest BCUT2D eigenvalue weighted by atomic mass is 19.1. The summed E-state index contributed by atoms with van der Waals surface area (Å²) in [5.41, 5.74) is 5.96. The topological polar surface area (TPSA) is 96.7 Å². The number of rotatable bonds is 7. The molecule has 1 aromatic carbocycles. The predicted molar refractivity (Wildman–Crippen MR) is 86.6 cm³/mol. The first-order valence-corrected chi connectivity index (χ1v) is 7.91. The second-order valence-corrected chi connectivity index (χ2v) is 5.50. The Bertz CT molecular complexity index is 564. The minimum absolute atomic E-state index is 0.130. The van der Waals surface area contributed by atoms with Crippen molar-refractivity contribution in [3.63, 3.8) is 0 Å². The van der Waals surface area contributed by atoms with Gasteiger partial charge in [-0.25, -0.2) is 4.39 Å². The molecule has 1 heterocycles. The normalized spacial score (nSPS) is 16.4. The average molecular weight is 338 g/mol. The van der Waals surface area contributed by atoms with Crippen molar-refractivity contribution in [2.24, 2.45) is 5.73 Å². The summed E-state index contributed by atoms with van der Waals surface area (Å²) >= 11 is 0. The lowest BCUT2D eigenvalue weighted by atomic mass is 10.0. The lowest BCUT2D eigenvalue weighted by Crippen LogP contribution is -2.46. The zero-order valence-electron chi connectivity index (χ0n) is 13.5. The summed E-state index contributed by atoms with van der Waals surface area (Å²) in [6.07, 6.45) is 0. The molecule has 1 unspecified atom stereocenters. The Kier molecular flexibility index (Phi) is 7.10. The van der Waals surface area contributed by atoms with Crippen LogP contribution in [0.3, 0.4) is 0 Å². The van der Waals surface area contributed by atoms with E-state index in [0.717, 1.165) is 5.56 Å². The van der Waals surface area contributed by atoms with E-state index in [-0.39, 0.29) is 36.8 Å². The van der Waals surface area contributed by atoms with Gasteiger partial charge in [-0.15, -0.1) is 0 Å². The molecule has 1 fully saturated rings. The van der Waals surface area contributed by atoms with Crippen LogP contribution in [0.25, 0.3) is 0 Å². The first kappa shape index (κ1) is 18.3. The Balaban J connectivity index is 1.98. The molecule has 0 aliphatic carbocycles. The van der Waals surface area contributed by atoms with Crippen LogP contribution in [-0.2, 0) is 14.3 Å². The number of carbonyl (C=O) groups excluding carboxylic acids is 2. The number of nitrogens with zero attached hydrogens (tertiary/aromatic N) is 1. The number of morpholine rings is 1. The van der Waals surface area contributed by atoms with E-state index in [4.69, 9.17) is 10.5 Å². The van der Waals surface area contributed by atoms with Gasteiger partial charge in [0.15, 0.2) is 0 Å². The molecule has 1 aromatic rings. The van der Waals surface area contributed by atoms with Gasteiger partial charge in [-0.05, 0) is 17.7 Å². The smallest absolute Gasteiger partial charge is 0.239 e. The number of ether oxygens (including phenoxy) is 1. The minimum Gasteiger partial charge on any atom is -0.379 e. The molecule has 0 spiro atoms. The van der Waals surface area contributed by atoms with Crippen molar-refractivity contribution in [1.82, 2.24) is 15.5 Å². The predicted octanol–water partition coefficient (Wildman–Crippen LogP) is -0.610. The fourth-order valence-corrected chi connectivity index (χ4v) is 2.58. The van der Waals surface area contributed by atoms with E-state index in [9.17, 15) is 14.0 Å². The van der Waals surface area contributed by atoms with Gasteiger partial charge < -0.3 is 21.1 Å². The zero-order chi connectivity index (χ0) is 17.4. The van der Waals surface area contributed by atoms with Crippen LogP contribution in [0.2, 0.25) is 0 Å². The molecule has 2 rings (SSSR count). The van der Waals surface area contributed by atoms with Gasteiger partial charge >= 0.3 is 0 Å². The molecular formula is C16H23FN4O3. The number of carbonyl (C=O) groups is 2. The summed E-state index contributed by atoms with van der Waals surface area (Å²) in [6.45, 7) is 2.66. The highest BCUT2D eigenvalue weighted by Crippen LogP contribution is 2.22. The van der Waals surface area contributed by atoms with Gasteiger partial charge in [0, 0.05) is 19.6 Å². The third kappa shape index (κ3) is 5.55. The fourth-order valence-electron chi connectivity index (χ4n) is 2.58. The number of benzene rings is 1. The number of hydrogen-bond acceptors (Lipinski definition) is 5. The van der Waals surface area contributed by atoms with E-state index in [2.05, 4.69) is 15.5 Å². The maximum Gasteiger partial charge on any atom is 0.239 e. The van der Waals surface area contributed by atoms with Crippen LogP contribution in [-0.4, -0.2) is 62.7 Å². The Morgan fingerprint density at radius 3 is 2.67 bits per heavy atom. The molecule has 1 atom stereocenters. The van der Waals surface area contributed by atoms with Crippen molar-refractivity contribution in [1.29, 1.82) is 0 Å². The van der Waals surface area contributed by atoms with Crippen molar-refractivity contribution in [3.8, 4) is 0 Å². The highest BCUT2D eigenvalue weighted by Gasteiger charge is 2.23. The number of nitrogens with two attached hydrogens (primary N) is 1. The molecule has 1 saturated heterocycles. The molecule has 0 saturated carbocycles. The first-order chi connectivity index (χ1) is 11.6. The van der Waals surface area contributed by atoms with Gasteiger partial charge in [-0.2, -0.15) is 0 Å². The van der Waals surface area contributed by atoms with Gasteiger partial charge in [0.2, 0.25) is 11.8 Å². The number of amides is 2. The van der Waals surface area contributed by atoms with E-state index >= 15 is 0 Å². The Hall–Kier alpha value is -2.03. The summed E-state index contributed by atoms with van der Waals surface area (Å²) < 4.78 is 18.9. The summed E-state index contributed by atoms with van der Waals surface area (Å²) in [7, 11) is 0. The summed E-state index contributed by atoms with van der Waals surface area (Å²) in [5.74, 6) is -1.02. The average Bonchev–Trinajstić information content (AvgIpc) is 2.61. The van der Waals surface area contributed by atoms with Gasteiger partial charge in [0.25, 0.3) is 0 Å². The van der Waals surface area contributed by atoms with Gasteiger partial charge in [-0.3, -0.25) is 14.5 Å². The molecule has 132 valence electrons. The van der Waals surface area contributed by atoms with Gasteiger partial charge in [-0.1, -0.05) is 12.1 Å². The Morgan fingerprint density at radius 2 is 2.00 bits per heavy atom. The number of halogens is 1. The molecule has 1 aliphatic rings. The molecule has 0 bridgehead atoms. The second kappa shape index (κ2) is 9.31. The van der Waals surface area contributed by atoms with Crippen molar-refractivity contribution < 1.29 is 18.7 Å². The summed E-state index contributed by atoms with van der Waals surface area (Å²) in [4.78, 5) is 25.1. The van der Waals surface area contributed by atoms with Crippen LogP contribution >= 0.6 is 0 Å². The van der Waals surface area contributed by atoms with E-state index < -0.39 is 0 Å². The molecule has 4 N–H and O–H groups in total. The molecule has 7 nitrogen and oxygen atoms in total. The quantitative estimate of drug-likeness (QED) is 0.616. The van der Waals surface area contributed by atoms with E-state index in [1.807, 2.05) is 6.07 Å². The standard InChI is InChI=1S/C16H23FN4O3/c17-13-3-1-2-12(8-13)14(21-4-6-24-7-5-21)10-19-16(23)11-20-15(22)9-18/h1-3,8,14H,4-7,9-11,18H2,(H,19,23)(H,20,22). The van der Waals surface area contributed by atoms with Crippen LogP contribution in [0.15, 0.2) is 24.3 Å². The highest BCUT2D eigenvalue weighted by molar-refractivity contribution is 5.85. The summed E-state index contributed by atoms with van der Waals surface area (Å²) in [5, 5.41) is 5.19. The maximum atomic E-state index is 13.6. The number of hydrogen-bond donors (Lipinski definition) is 3. The third-order valence-corrected chi connectivity index (χ3v) is 3.84. The monoisotopic (exact) mass is 338 g/mol. The lowest BCUT2D eigenvalue weighted by molar-refractivity contribution is -0.125. The lowest BCUT2D eigenvalue weighted by Gasteiger charge is -2.35. The largest absolute Gasteiger partial charge is 0.379 e. The zero-order valence-corrected chi connectivity index (χ0v) is 13.5. The van der Waals surface area contributed by atoms with Gasteiger partial charge in [0.05, 0.1) is 32.3 Å². The summed E-state index contributed by atoms with van der Waals surface area (Å²) in [6, 6.07) is 6.20. The Morgan fingerprint density at radius 1 is 1.25 bits per heavy atom. The van der Waals surface area contributed by atoms with Gasteiger partial charge in [0.1, 0.15) is 5.82 Å². The Labute approximate surface area is 140 Å². The number of nitrogens with one attached hydrogen (secondary N) is 2. The van der Waals surface area contributed by atoms with Crippen LogP contribution < -0.4 is 16.4 Å². The van der Waals surface area contributed by atoms with E-state index in [1.165, 1.54) is 12.1 Å². The minimum atomic E-state index is -0.389. The van der Waals surface area contributed by atoms with Crippen molar-refractivity contribution in [2.45, 2.75) is 6.04 Å². The molecule has 0 aromatic heterocycles. The van der Waals surface area contributed by atoms with E-state index in [0.29, 0.717) is 32.8 Å².